The van der Waals surface area contributed by atoms with E-state index in [1.807, 2.05) is 6.07 Å². The topological polar surface area (TPSA) is 71.9 Å². The average Bonchev–Trinajstić information content (AvgIpc) is 2.64. The molecule has 0 radical (unpaired) electrons. The number of aromatic nitrogens is 1. The predicted molar refractivity (Wildman–Crippen MR) is 91.2 cm³/mol. The van der Waals surface area contributed by atoms with Crippen LogP contribution in [0.5, 0.6) is 17.2 Å². The minimum atomic E-state index is -0.0602. The molecular weight excluding hydrogens is 308 g/mol. The van der Waals surface area contributed by atoms with Gasteiger partial charge in [-0.1, -0.05) is 12.1 Å². The van der Waals surface area contributed by atoms with Gasteiger partial charge in [-0.2, -0.15) is 0 Å². The summed E-state index contributed by atoms with van der Waals surface area (Å²) in [5, 5.41) is 11.3. The van der Waals surface area contributed by atoms with Gasteiger partial charge in [-0.05, 0) is 24.3 Å². The second-order valence-electron chi connectivity index (χ2n) is 5.02. The van der Waals surface area contributed by atoms with Crippen molar-refractivity contribution in [2.24, 2.45) is 0 Å². The molecule has 1 aromatic heterocycles. The molecule has 0 saturated heterocycles. The summed E-state index contributed by atoms with van der Waals surface area (Å²) in [6, 6.07) is 12.2. The van der Waals surface area contributed by atoms with E-state index in [4.69, 9.17) is 9.47 Å². The minimum Gasteiger partial charge on any atom is -0.504 e. The lowest BCUT2D eigenvalue weighted by atomic mass is 10.1. The number of anilines is 2. The van der Waals surface area contributed by atoms with E-state index in [9.17, 15) is 9.90 Å². The molecule has 0 atom stereocenters. The van der Waals surface area contributed by atoms with Crippen LogP contribution in [0.1, 0.15) is 0 Å². The van der Waals surface area contributed by atoms with Gasteiger partial charge in [-0.25, -0.2) is 0 Å². The maximum Gasteiger partial charge on any atom is 0.218 e. The lowest BCUT2D eigenvalue weighted by molar-refractivity contribution is -0.106. The number of nitrogens with zero attached hydrogens (tertiary/aromatic N) is 2. The highest BCUT2D eigenvalue weighted by molar-refractivity contribution is 5.97. The molecule has 0 aliphatic carbocycles. The molecule has 3 aromatic rings. The molecule has 122 valence electrons. The van der Waals surface area contributed by atoms with Crippen LogP contribution in [0.25, 0.3) is 10.9 Å². The molecule has 1 heterocycles. The Bertz CT molecular complexity index is 895. The van der Waals surface area contributed by atoms with Gasteiger partial charge in [0.25, 0.3) is 0 Å². The Kier molecular flexibility index (Phi) is 4.20. The molecule has 2 aromatic carbocycles. The van der Waals surface area contributed by atoms with Gasteiger partial charge in [0.1, 0.15) is 5.52 Å². The molecule has 0 bridgehead atoms. The van der Waals surface area contributed by atoms with Gasteiger partial charge < -0.3 is 14.6 Å². The van der Waals surface area contributed by atoms with E-state index in [1.54, 1.807) is 42.6 Å². The summed E-state index contributed by atoms with van der Waals surface area (Å²) in [4.78, 5) is 17.2. The van der Waals surface area contributed by atoms with Crippen molar-refractivity contribution in [1.82, 2.24) is 4.98 Å². The van der Waals surface area contributed by atoms with Gasteiger partial charge in [0.15, 0.2) is 17.2 Å². The van der Waals surface area contributed by atoms with E-state index in [0.717, 1.165) is 5.39 Å². The van der Waals surface area contributed by atoms with Gasteiger partial charge in [0, 0.05) is 17.6 Å². The summed E-state index contributed by atoms with van der Waals surface area (Å²) in [7, 11) is 3.06. The average molecular weight is 324 g/mol. The SMILES string of the molecule is COc1ccc(N(C=O)c2ccc3cccnc3c2O)cc1OC. The molecule has 1 amide bonds. The number of hydrogen-bond acceptors (Lipinski definition) is 5. The van der Waals surface area contributed by atoms with Crippen molar-refractivity contribution in [3.05, 3.63) is 48.7 Å². The number of rotatable bonds is 5. The number of phenols is 1. The maximum atomic E-state index is 11.7. The number of hydrogen-bond donors (Lipinski definition) is 1. The fourth-order valence-corrected chi connectivity index (χ4v) is 2.54. The van der Waals surface area contributed by atoms with Gasteiger partial charge in [0.2, 0.25) is 6.41 Å². The smallest absolute Gasteiger partial charge is 0.218 e. The number of carbonyl (C=O) groups excluding carboxylic acids is 1. The van der Waals surface area contributed by atoms with Crippen LogP contribution in [0, 0.1) is 0 Å². The zero-order chi connectivity index (χ0) is 17.1. The Morgan fingerprint density at radius 3 is 2.58 bits per heavy atom. The fourth-order valence-electron chi connectivity index (χ4n) is 2.54. The number of phenolic OH excluding ortho intramolecular Hbond substituents is 1. The quantitative estimate of drug-likeness (QED) is 0.729. The molecule has 0 aliphatic rings. The third kappa shape index (κ3) is 2.58. The highest BCUT2D eigenvalue weighted by atomic mass is 16.5. The van der Waals surface area contributed by atoms with Crippen molar-refractivity contribution < 1.29 is 19.4 Å². The van der Waals surface area contributed by atoms with Crippen LogP contribution in [0.4, 0.5) is 11.4 Å². The van der Waals surface area contributed by atoms with E-state index >= 15 is 0 Å². The molecule has 0 fully saturated rings. The summed E-state index contributed by atoms with van der Waals surface area (Å²) in [5.74, 6) is 0.978. The van der Waals surface area contributed by atoms with Crippen LogP contribution >= 0.6 is 0 Å². The molecule has 3 rings (SSSR count). The zero-order valence-corrected chi connectivity index (χ0v) is 13.3. The first kappa shape index (κ1) is 15.6. The molecule has 0 saturated carbocycles. The van der Waals surface area contributed by atoms with Gasteiger partial charge in [-0.3, -0.25) is 14.7 Å². The number of methoxy groups -OCH3 is 2. The largest absolute Gasteiger partial charge is 0.504 e. The van der Waals surface area contributed by atoms with Crippen LogP contribution in [-0.4, -0.2) is 30.7 Å². The number of fused-ring (bicyclic) bond motifs is 1. The molecule has 1 N–H and O–H groups in total. The second kappa shape index (κ2) is 6.45. The molecule has 0 unspecified atom stereocenters. The zero-order valence-electron chi connectivity index (χ0n) is 13.3. The third-order valence-electron chi connectivity index (χ3n) is 3.74. The molecule has 0 aliphatic heterocycles. The van der Waals surface area contributed by atoms with Crippen LogP contribution in [-0.2, 0) is 4.79 Å². The van der Waals surface area contributed by atoms with Crippen molar-refractivity contribution in [2.45, 2.75) is 0 Å². The van der Waals surface area contributed by atoms with Crippen LogP contribution in [0.3, 0.4) is 0 Å². The van der Waals surface area contributed by atoms with E-state index in [0.29, 0.717) is 34.8 Å². The minimum absolute atomic E-state index is 0.0602. The molecular formula is C18H16N2O4. The second-order valence-corrected chi connectivity index (χ2v) is 5.02. The Balaban J connectivity index is 2.13. The number of carbonyl (C=O) groups is 1. The molecule has 0 spiro atoms. The Hall–Kier alpha value is -3.28. The van der Waals surface area contributed by atoms with Gasteiger partial charge >= 0.3 is 0 Å². The standard InChI is InChI=1S/C18H16N2O4/c1-23-15-8-6-13(10-16(15)24-2)20(11-21)14-7-5-12-4-3-9-19-17(12)18(14)22/h3-11,22H,1-2H3. The number of amides is 1. The van der Waals surface area contributed by atoms with Crippen molar-refractivity contribution in [1.29, 1.82) is 0 Å². The highest BCUT2D eigenvalue weighted by Crippen LogP contribution is 2.39. The fraction of sp³-hybridized carbons (Fsp3) is 0.111. The number of ether oxygens (including phenoxy) is 2. The van der Waals surface area contributed by atoms with E-state index < -0.39 is 0 Å². The lowest BCUT2D eigenvalue weighted by Gasteiger charge is -2.20. The summed E-state index contributed by atoms with van der Waals surface area (Å²) < 4.78 is 10.5. The lowest BCUT2D eigenvalue weighted by Crippen LogP contribution is -2.14. The number of aromatic hydroxyl groups is 1. The predicted octanol–water partition coefficient (Wildman–Crippen LogP) is 3.25. The van der Waals surface area contributed by atoms with Crippen molar-refractivity contribution in [2.75, 3.05) is 19.1 Å². The first-order chi connectivity index (χ1) is 11.7. The van der Waals surface area contributed by atoms with Crippen molar-refractivity contribution >= 4 is 28.7 Å². The van der Waals surface area contributed by atoms with Crippen molar-refractivity contribution in [3.63, 3.8) is 0 Å². The van der Waals surface area contributed by atoms with Crippen molar-refractivity contribution in [3.8, 4) is 17.2 Å². The van der Waals surface area contributed by atoms with E-state index in [2.05, 4.69) is 4.98 Å². The van der Waals surface area contributed by atoms with Gasteiger partial charge in [0.05, 0.1) is 25.6 Å². The Morgan fingerprint density at radius 1 is 1.08 bits per heavy atom. The summed E-state index contributed by atoms with van der Waals surface area (Å²) in [6.45, 7) is 0. The normalized spacial score (nSPS) is 10.4. The van der Waals surface area contributed by atoms with Crippen LogP contribution < -0.4 is 14.4 Å². The first-order valence-corrected chi connectivity index (χ1v) is 7.23. The Labute approximate surface area is 138 Å². The van der Waals surface area contributed by atoms with E-state index in [1.165, 1.54) is 19.1 Å². The Morgan fingerprint density at radius 2 is 1.88 bits per heavy atom. The summed E-state index contributed by atoms with van der Waals surface area (Å²) in [5.41, 5.74) is 1.30. The molecule has 6 heteroatoms. The monoisotopic (exact) mass is 324 g/mol. The number of pyridine rings is 1. The van der Waals surface area contributed by atoms with Crippen LogP contribution in [0.15, 0.2) is 48.7 Å². The first-order valence-electron chi connectivity index (χ1n) is 7.23. The molecule has 6 nitrogen and oxygen atoms in total. The van der Waals surface area contributed by atoms with Crippen LogP contribution in [0.2, 0.25) is 0 Å². The molecule has 24 heavy (non-hydrogen) atoms. The summed E-state index contributed by atoms with van der Waals surface area (Å²) >= 11 is 0. The third-order valence-corrected chi connectivity index (χ3v) is 3.74. The maximum absolute atomic E-state index is 11.7. The number of benzene rings is 2. The van der Waals surface area contributed by atoms with E-state index in [-0.39, 0.29) is 5.75 Å². The highest BCUT2D eigenvalue weighted by Gasteiger charge is 2.17. The summed E-state index contributed by atoms with van der Waals surface area (Å²) in [6.07, 6.45) is 2.22. The van der Waals surface area contributed by atoms with Gasteiger partial charge in [-0.15, -0.1) is 0 Å².